The summed E-state index contributed by atoms with van der Waals surface area (Å²) in [6, 6.07) is 12.8. The van der Waals surface area contributed by atoms with Gasteiger partial charge in [0.05, 0.1) is 6.61 Å². The van der Waals surface area contributed by atoms with Crippen LogP contribution < -0.4 is 15.4 Å². The highest BCUT2D eigenvalue weighted by atomic mass is 79.9. The topological polar surface area (TPSA) is 67.4 Å². The Morgan fingerprint density at radius 1 is 1.16 bits per heavy atom. The number of benzene rings is 2. The average Bonchev–Trinajstić information content (AvgIpc) is 2.60. The summed E-state index contributed by atoms with van der Waals surface area (Å²) in [5.41, 5.74) is 2.13. The number of carbonyl (C=O) groups excluding carboxylic acids is 2. The Labute approximate surface area is 155 Å². The smallest absolute Gasteiger partial charge is 0.251 e. The molecular formula is C19H21BrN2O3. The Bertz CT molecular complexity index is 762. The van der Waals surface area contributed by atoms with Crippen LogP contribution in [0.1, 0.15) is 28.8 Å². The number of nitrogens with one attached hydrogen (secondary N) is 2. The van der Waals surface area contributed by atoms with E-state index in [1.807, 2.05) is 31.2 Å². The quantitative estimate of drug-likeness (QED) is 0.687. The summed E-state index contributed by atoms with van der Waals surface area (Å²) in [7, 11) is 1.59. The minimum Gasteiger partial charge on any atom is -0.494 e. The first-order valence-corrected chi connectivity index (χ1v) is 8.80. The zero-order chi connectivity index (χ0) is 18.2. The lowest BCUT2D eigenvalue weighted by Gasteiger charge is -2.10. The molecule has 2 rings (SSSR count). The van der Waals surface area contributed by atoms with E-state index in [4.69, 9.17) is 4.74 Å². The van der Waals surface area contributed by atoms with E-state index < -0.39 is 0 Å². The van der Waals surface area contributed by atoms with Crippen LogP contribution in [0, 0.1) is 6.92 Å². The molecular weight excluding hydrogens is 384 g/mol. The number of hydrogen-bond acceptors (Lipinski definition) is 3. The molecule has 0 fully saturated rings. The van der Waals surface area contributed by atoms with Crippen LogP contribution in [0.15, 0.2) is 46.9 Å². The lowest BCUT2D eigenvalue weighted by Crippen LogP contribution is -2.18. The van der Waals surface area contributed by atoms with Gasteiger partial charge in [-0.05, 0) is 55.3 Å². The van der Waals surface area contributed by atoms with Crippen LogP contribution in [0.3, 0.4) is 0 Å². The first-order chi connectivity index (χ1) is 12.0. The minimum absolute atomic E-state index is 0.0753. The summed E-state index contributed by atoms with van der Waals surface area (Å²) in [5, 5.41) is 5.45. The molecule has 25 heavy (non-hydrogen) atoms. The number of aryl methyl sites for hydroxylation is 1. The third kappa shape index (κ3) is 5.90. The third-order valence-electron chi connectivity index (χ3n) is 3.60. The Morgan fingerprint density at radius 3 is 2.64 bits per heavy atom. The van der Waals surface area contributed by atoms with E-state index in [2.05, 4.69) is 26.6 Å². The van der Waals surface area contributed by atoms with Gasteiger partial charge in [-0.1, -0.05) is 22.0 Å². The van der Waals surface area contributed by atoms with Crippen molar-refractivity contribution in [1.82, 2.24) is 5.32 Å². The van der Waals surface area contributed by atoms with Crippen molar-refractivity contribution in [3.8, 4) is 5.75 Å². The molecule has 0 aliphatic heterocycles. The predicted octanol–water partition coefficient (Wildman–Crippen LogP) is 3.91. The lowest BCUT2D eigenvalue weighted by atomic mass is 10.1. The number of carbonyl (C=O) groups is 2. The molecule has 0 bridgehead atoms. The van der Waals surface area contributed by atoms with Crippen molar-refractivity contribution < 1.29 is 14.3 Å². The van der Waals surface area contributed by atoms with Gasteiger partial charge < -0.3 is 15.4 Å². The normalized spacial score (nSPS) is 10.2. The molecule has 132 valence electrons. The van der Waals surface area contributed by atoms with Crippen LogP contribution in [0.5, 0.6) is 5.75 Å². The molecule has 2 aromatic carbocycles. The van der Waals surface area contributed by atoms with Crippen LogP contribution in [0.25, 0.3) is 0 Å². The second-order valence-electron chi connectivity index (χ2n) is 5.57. The lowest BCUT2D eigenvalue weighted by molar-refractivity contribution is -0.116. The molecule has 5 nitrogen and oxygen atoms in total. The van der Waals surface area contributed by atoms with Gasteiger partial charge in [0.15, 0.2) is 0 Å². The van der Waals surface area contributed by atoms with Crippen molar-refractivity contribution in [2.45, 2.75) is 19.8 Å². The van der Waals surface area contributed by atoms with E-state index in [9.17, 15) is 9.59 Å². The van der Waals surface area contributed by atoms with Gasteiger partial charge in [-0.15, -0.1) is 0 Å². The summed E-state index contributed by atoms with van der Waals surface area (Å²) in [5.74, 6) is 0.551. The number of hydrogen-bond donors (Lipinski definition) is 2. The third-order valence-corrected chi connectivity index (χ3v) is 4.10. The Hall–Kier alpha value is -2.34. The van der Waals surface area contributed by atoms with Gasteiger partial charge in [-0.25, -0.2) is 0 Å². The fourth-order valence-electron chi connectivity index (χ4n) is 2.28. The van der Waals surface area contributed by atoms with E-state index in [0.29, 0.717) is 30.7 Å². The number of rotatable bonds is 7. The molecule has 0 saturated carbocycles. The first kappa shape index (κ1) is 19.0. The first-order valence-electron chi connectivity index (χ1n) is 8.00. The molecule has 2 aromatic rings. The van der Waals surface area contributed by atoms with Gasteiger partial charge in [0.2, 0.25) is 5.91 Å². The van der Waals surface area contributed by atoms with Gasteiger partial charge in [-0.3, -0.25) is 9.59 Å². The molecule has 2 N–H and O–H groups in total. The van der Waals surface area contributed by atoms with Crippen molar-refractivity contribution in [2.24, 2.45) is 0 Å². The van der Waals surface area contributed by atoms with E-state index in [0.717, 1.165) is 15.8 Å². The summed E-state index contributed by atoms with van der Waals surface area (Å²) < 4.78 is 6.57. The molecule has 0 aliphatic rings. The molecule has 6 heteroatoms. The highest BCUT2D eigenvalue weighted by Gasteiger charge is 2.08. The van der Waals surface area contributed by atoms with Gasteiger partial charge in [0.1, 0.15) is 5.75 Å². The number of halogens is 1. The van der Waals surface area contributed by atoms with E-state index in [-0.39, 0.29) is 11.8 Å². The molecule has 0 atom stereocenters. The summed E-state index contributed by atoms with van der Waals surface area (Å²) in [4.78, 5) is 23.6. The summed E-state index contributed by atoms with van der Waals surface area (Å²) >= 11 is 3.39. The number of anilines is 1. The molecule has 0 unspecified atom stereocenters. The number of ether oxygens (including phenoxy) is 1. The van der Waals surface area contributed by atoms with Crippen molar-refractivity contribution in [2.75, 3.05) is 19.0 Å². The Morgan fingerprint density at radius 2 is 1.96 bits per heavy atom. The molecule has 2 amide bonds. The molecule has 0 radical (unpaired) electrons. The molecule has 0 aliphatic carbocycles. The van der Waals surface area contributed by atoms with Gasteiger partial charge in [0, 0.05) is 29.2 Å². The van der Waals surface area contributed by atoms with Crippen molar-refractivity contribution in [1.29, 1.82) is 0 Å². The second-order valence-corrected chi connectivity index (χ2v) is 6.48. The predicted molar refractivity (Wildman–Crippen MR) is 102 cm³/mol. The fourth-order valence-corrected chi connectivity index (χ4v) is 2.66. The highest BCUT2D eigenvalue weighted by molar-refractivity contribution is 9.10. The van der Waals surface area contributed by atoms with Crippen molar-refractivity contribution in [3.05, 3.63) is 58.1 Å². The molecule has 0 heterocycles. The van der Waals surface area contributed by atoms with Crippen molar-refractivity contribution >= 4 is 33.4 Å². The highest BCUT2D eigenvalue weighted by Crippen LogP contribution is 2.19. The van der Waals surface area contributed by atoms with E-state index in [1.54, 1.807) is 25.2 Å². The zero-order valence-corrected chi connectivity index (χ0v) is 15.9. The standard InChI is InChI=1S/C19H21BrN2O3/c1-13-11-14(19(24)21-2)8-9-17(13)22-18(23)7-4-10-25-16-6-3-5-15(20)12-16/h3,5-6,8-9,11-12H,4,7,10H2,1-2H3,(H,21,24)(H,22,23). The van der Waals surface area contributed by atoms with E-state index in [1.165, 1.54) is 0 Å². The Balaban J connectivity index is 1.79. The van der Waals surface area contributed by atoms with Gasteiger partial charge in [-0.2, -0.15) is 0 Å². The van der Waals surface area contributed by atoms with Gasteiger partial charge in [0.25, 0.3) is 5.91 Å². The van der Waals surface area contributed by atoms with Crippen LogP contribution in [-0.4, -0.2) is 25.5 Å². The summed E-state index contributed by atoms with van der Waals surface area (Å²) in [6.07, 6.45) is 0.984. The van der Waals surface area contributed by atoms with Crippen molar-refractivity contribution in [3.63, 3.8) is 0 Å². The van der Waals surface area contributed by atoms with Crippen LogP contribution in [0.4, 0.5) is 5.69 Å². The number of amides is 2. The molecule has 0 aromatic heterocycles. The maximum atomic E-state index is 12.1. The van der Waals surface area contributed by atoms with Gasteiger partial charge >= 0.3 is 0 Å². The average molecular weight is 405 g/mol. The van der Waals surface area contributed by atoms with Crippen LogP contribution >= 0.6 is 15.9 Å². The Kier molecular flexibility index (Phi) is 7.01. The maximum Gasteiger partial charge on any atom is 0.251 e. The zero-order valence-electron chi connectivity index (χ0n) is 14.3. The monoisotopic (exact) mass is 404 g/mol. The van der Waals surface area contributed by atoms with Crippen LogP contribution in [0.2, 0.25) is 0 Å². The largest absolute Gasteiger partial charge is 0.494 e. The fraction of sp³-hybridized carbons (Fsp3) is 0.263. The minimum atomic E-state index is -0.148. The van der Waals surface area contributed by atoms with E-state index >= 15 is 0 Å². The maximum absolute atomic E-state index is 12.1. The SMILES string of the molecule is CNC(=O)c1ccc(NC(=O)CCCOc2cccc(Br)c2)c(C)c1. The molecule has 0 spiro atoms. The second kappa shape index (κ2) is 9.22. The van der Waals surface area contributed by atoms with Crippen LogP contribution in [-0.2, 0) is 4.79 Å². The molecule has 0 saturated heterocycles. The summed E-state index contributed by atoms with van der Waals surface area (Å²) in [6.45, 7) is 2.33.